The number of amides is 2. The molecular weight excluding hydrogens is 430 g/mol. The Labute approximate surface area is 181 Å². The number of halogens is 2. The third-order valence-electron chi connectivity index (χ3n) is 5.58. The van der Waals surface area contributed by atoms with Crippen molar-refractivity contribution in [1.29, 1.82) is 0 Å². The minimum absolute atomic E-state index is 0.0205. The zero-order chi connectivity index (χ0) is 22.8. The van der Waals surface area contributed by atoms with Crippen LogP contribution in [0.3, 0.4) is 0 Å². The van der Waals surface area contributed by atoms with Crippen molar-refractivity contribution in [3.63, 3.8) is 0 Å². The van der Waals surface area contributed by atoms with Crippen molar-refractivity contribution >= 4 is 27.5 Å². The molecule has 1 aromatic carbocycles. The first-order valence-corrected chi connectivity index (χ1v) is 11.6. The van der Waals surface area contributed by atoms with Gasteiger partial charge in [-0.1, -0.05) is 6.07 Å². The highest BCUT2D eigenvalue weighted by Crippen LogP contribution is 2.29. The molecule has 1 aromatic rings. The predicted octanol–water partition coefficient (Wildman–Crippen LogP) is 1.01. The topological polar surface area (TPSA) is 90.0 Å². The third kappa shape index (κ3) is 5.39. The monoisotopic (exact) mass is 457 g/mol. The SMILES string of the molecule is [CH2][C@H](NS(=O)(=O)c1cccc(N2CCCC2=O)c1C)C(=O)N1CCN(CC(F)F)CC1. The second-order valence-electron chi connectivity index (χ2n) is 7.74. The first-order chi connectivity index (χ1) is 14.6. The van der Waals surface area contributed by atoms with E-state index in [0.717, 1.165) is 0 Å². The second kappa shape index (κ2) is 9.58. The lowest BCUT2D eigenvalue weighted by Gasteiger charge is -2.35. The van der Waals surface area contributed by atoms with Crippen molar-refractivity contribution in [3.05, 3.63) is 30.7 Å². The highest BCUT2D eigenvalue weighted by atomic mass is 32.2. The van der Waals surface area contributed by atoms with Gasteiger partial charge in [-0.15, -0.1) is 0 Å². The second-order valence-corrected chi connectivity index (χ2v) is 9.42. The molecule has 8 nitrogen and oxygen atoms in total. The number of nitrogens with one attached hydrogen (secondary N) is 1. The summed E-state index contributed by atoms with van der Waals surface area (Å²) in [7, 11) is -4.08. The zero-order valence-electron chi connectivity index (χ0n) is 17.4. The minimum Gasteiger partial charge on any atom is -0.339 e. The average Bonchev–Trinajstić information content (AvgIpc) is 3.13. The van der Waals surface area contributed by atoms with Crippen LogP contribution < -0.4 is 9.62 Å². The molecule has 2 aliphatic rings. The number of alkyl halides is 2. The highest BCUT2D eigenvalue weighted by Gasteiger charge is 2.31. The lowest BCUT2D eigenvalue weighted by Crippen LogP contribution is -2.54. The fourth-order valence-corrected chi connectivity index (χ4v) is 5.32. The van der Waals surface area contributed by atoms with Gasteiger partial charge in [0.05, 0.1) is 11.4 Å². The molecule has 1 radical (unpaired) electrons. The van der Waals surface area contributed by atoms with E-state index in [2.05, 4.69) is 11.6 Å². The van der Waals surface area contributed by atoms with Gasteiger partial charge in [-0.25, -0.2) is 17.2 Å². The average molecular weight is 458 g/mol. The van der Waals surface area contributed by atoms with Crippen molar-refractivity contribution in [2.24, 2.45) is 0 Å². The Bertz CT molecular complexity index is 933. The van der Waals surface area contributed by atoms with Gasteiger partial charge < -0.3 is 9.80 Å². The molecule has 2 amide bonds. The summed E-state index contributed by atoms with van der Waals surface area (Å²) in [4.78, 5) is 29.3. The van der Waals surface area contributed by atoms with Gasteiger partial charge in [-0.05, 0) is 38.0 Å². The zero-order valence-corrected chi connectivity index (χ0v) is 18.2. The number of rotatable bonds is 7. The van der Waals surface area contributed by atoms with E-state index in [1.54, 1.807) is 28.9 Å². The van der Waals surface area contributed by atoms with E-state index >= 15 is 0 Å². The fraction of sp³-hybridized carbons (Fsp3) is 0.550. The molecule has 3 rings (SSSR count). The number of carbonyl (C=O) groups excluding carboxylic acids is 2. The predicted molar refractivity (Wildman–Crippen MR) is 111 cm³/mol. The van der Waals surface area contributed by atoms with E-state index in [1.165, 1.54) is 11.0 Å². The number of piperazine rings is 1. The van der Waals surface area contributed by atoms with Gasteiger partial charge in [0.1, 0.15) is 6.04 Å². The van der Waals surface area contributed by atoms with Gasteiger partial charge in [0.15, 0.2) is 0 Å². The molecule has 1 N–H and O–H groups in total. The first-order valence-electron chi connectivity index (χ1n) is 10.1. The summed E-state index contributed by atoms with van der Waals surface area (Å²) < 4.78 is 53.2. The number of sulfonamides is 1. The molecular formula is C20H27F2N4O4S. The van der Waals surface area contributed by atoms with E-state index < -0.39 is 28.4 Å². The van der Waals surface area contributed by atoms with Gasteiger partial charge in [0.25, 0.3) is 6.43 Å². The van der Waals surface area contributed by atoms with E-state index in [0.29, 0.717) is 43.7 Å². The molecule has 0 aromatic heterocycles. The van der Waals surface area contributed by atoms with Crippen LogP contribution >= 0.6 is 0 Å². The molecule has 2 heterocycles. The molecule has 1 atom stereocenters. The maximum Gasteiger partial charge on any atom is 0.251 e. The summed E-state index contributed by atoms with van der Waals surface area (Å²) in [6, 6.07) is 3.42. The molecule has 0 bridgehead atoms. The van der Waals surface area contributed by atoms with E-state index in [4.69, 9.17) is 0 Å². The van der Waals surface area contributed by atoms with Crippen LogP contribution in [-0.4, -0.2) is 81.8 Å². The Morgan fingerprint density at radius 1 is 1.19 bits per heavy atom. The smallest absolute Gasteiger partial charge is 0.251 e. The summed E-state index contributed by atoms with van der Waals surface area (Å²) in [5.41, 5.74) is 0.956. The van der Waals surface area contributed by atoms with Gasteiger partial charge in [0, 0.05) is 44.8 Å². The van der Waals surface area contributed by atoms with Crippen LogP contribution in [0.2, 0.25) is 0 Å². The number of carbonyl (C=O) groups is 2. The number of benzene rings is 1. The fourth-order valence-electron chi connectivity index (χ4n) is 3.96. The van der Waals surface area contributed by atoms with Crippen LogP contribution in [0.4, 0.5) is 14.5 Å². The van der Waals surface area contributed by atoms with Crippen LogP contribution in [0.5, 0.6) is 0 Å². The van der Waals surface area contributed by atoms with E-state index in [1.807, 2.05) is 0 Å². The van der Waals surface area contributed by atoms with Crippen LogP contribution in [0.15, 0.2) is 23.1 Å². The number of anilines is 1. The molecule has 0 aliphatic carbocycles. The van der Waals surface area contributed by atoms with E-state index in [9.17, 15) is 26.8 Å². The Kier molecular flexibility index (Phi) is 7.28. The van der Waals surface area contributed by atoms with Crippen molar-refractivity contribution in [2.75, 3.05) is 44.2 Å². The van der Waals surface area contributed by atoms with Crippen LogP contribution in [0.25, 0.3) is 0 Å². The summed E-state index contributed by atoms with van der Waals surface area (Å²) in [6.07, 6.45) is -1.30. The summed E-state index contributed by atoms with van der Waals surface area (Å²) in [5.74, 6) is -0.564. The quantitative estimate of drug-likeness (QED) is 0.660. The van der Waals surface area contributed by atoms with E-state index in [-0.39, 0.29) is 30.4 Å². The molecule has 171 valence electrons. The molecule has 0 spiro atoms. The molecule has 2 fully saturated rings. The van der Waals surface area contributed by atoms with Crippen molar-refractivity contribution in [2.45, 2.75) is 37.1 Å². The number of hydrogen-bond acceptors (Lipinski definition) is 5. The van der Waals surface area contributed by atoms with Gasteiger partial charge in [-0.3, -0.25) is 14.5 Å². The minimum atomic E-state index is -4.08. The molecule has 0 saturated carbocycles. The Balaban J connectivity index is 1.68. The third-order valence-corrected chi connectivity index (χ3v) is 7.20. The van der Waals surface area contributed by atoms with Crippen molar-refractivity contribution < 1.29 is 26.8 Å². The largest absolute Gasteiger partial charge is 0.339 e. The highest BCUT2D eigenvalue weighted by molar-refractivity contribution is 7.89. The Morgan fingerprint density at radius 3 is 2.45 bits per heavy atom. The van der Waals surface area contributed by atoms with Crippen LogP contribution in [-0.2, 0) is 19.6 Å². The van der Waals surface area contributed by atoms with Gasteiger partial charge >= 0.3 is 0 Å². The van der Waals surface area contributed by atoms with Crippen LogP contribution in [0, 0.1) is 13.8 Å². The molecule has 11 heteroatoms. The van der Waals surface area contributed by atoms with Crippen molar-refractivity contribution in [3.8, 4) is 0 Å². The van der Waals surface area contributed by atoms with Crippen molar-refractivity contribution in [1.82, 2.24) is 14.5 Å². The molecule has 2 aliphatic heterocycles. The van der Waals surface area contributed by atoms with Crippen LogP contribution in [0.1, 0.15) is 18.4 Å². The molecule has 2 saturated heterocycles. The van der Waals surface area contributed by atoms with Gasteiger partial charge in [0.2, 0.25) is 21.8 Å². The molecule has 31 heavy (non-hydrogen) atoms. The Hall–Kier alpha value is -2.11. The lowest BCUT2D eigenvalue weighted by atomic mass is 10.2. The summed E-state index contributed by atoms with van der Waals surface area (Å²) in [5, 5.41) is 0. The molecule has 0 unspecified atom stereocenters. The van der Waals surface area contributed by atoms with Gasteiger partial charge in [-0.2, -0.15) is 4.72 Å². The maximum absolute atomic E-state index is 13.0. The normalized spacial score (nSPS) is 19.3. The number of hydrogen-bond donors (Lipinski definition) is 1. The standard InChI is InChI=1S/C20H27F2N4O4S/c1-14-16(26-8-4-7-19(26)27)5-3-6-17(14)31(29,30)23-15(2)20(28)25-11-9-24(10-12-25)13-18(21)22/h3,5-6,15,18,23H,2,4,7-13H2,1H3/t15-/m0/s1. The lowest BCUT2D eigenvalue weighted by molar-refractivity contribution is -0.133. The Morgan fingerprint density at radius 2 is 1.87 bits per heavy atom. The maximum atomic E-state index is 13.0. The number of nitrogens with zero attached hydrogens (tertiary/aromatic N) is 3. The first kappa shape index (κ1) is 23.6. The summed E-state index contributed by atoms with van der Waals surface area (Å²) >= 11 is 0. The summed E-state index contributed by atoms with van der Waals surface area (Å²) in [6.45, 7) is 6.50.